The van der Waals surface area contributed by atoms with Gasteiger partial charge in [0, 0.05) is 11.5 Å². The summed E-state index contributed by atoms with van der Waals surface area (Å²) in [4.78, 5) is 11.9. The fourth-order valence-electron chi connectivity index (χ4n) is 2.58. The van der Waals surface area contributed by atoms with E-state index in [0.29, 0.717) is 22.2 Å². The van der Waals surface area contributed by atoms with E-state index in [1.165, 1.54) is 19.2 Å². The average Bonchev–Trinajstić information content (AvgIpc) is 3.04. The monoisotopic (exact) mass is 364 g/mol. The molecule has 0 aliphatic heterocycles. The van der Waals surface area contributed by atoms with Gasteiger partial charge in [0.2, 0.25) is 0 Å². The molecule has 6 nitrogen and oxygen atoms in total. The molecule has 0 amide bonds. The fraction of sp³-hybridized carbons (Fsp3) is 0.188. The molecule has 24 heavy (non-hydrogen) atoms. The van der Waals surface area contributed by atoms with Crippen molar-refractivity contribution in [2.45, 2.75) is 12.3 Å². The lowest BCUT2D eigenvalue weighted by atomic mass is 9.87. The predicted molar refractivity (Wildman–Crippen MR) is 90.7 cm³/mol. The number of carbonyl (C=O) groups is 1. The van der Waals surface area contributed by atoms with Gasteiger partial charge in [0.25, 0.3) is 0 Å². The molecular formula is C16H13ClN2O4S. The smallest absolute Gasteiger partial charge is 0.306 e. The predicted octanol–water partition coefficient (Wildman–Crippen LogP) is 3.45. The van der Waals surface area contributed by atoms with Gasteiger partial charge in [0.1, 0.15) is 22.5 Å². The molecule has 0 saturated carbocycles. The number of esters is 1. The molecule has 2 N–H and O–H groups in total. The van der Waals surface area contributed by atoms with E-state index in [9.17, 15) is 15.0 Å². The minimum atomic E-state index is -0.539. The Hall–Kier alpha value is -2.38. The lowest BCUT2D eigenvalue weighted by Gasteiger charge is -2.19. The molecule has 1 atom stereocenters. The molecule has 0 spiro atoms. The van der Waals surface area contributed by atoms with Gasteiger partial charge >= 0.3 is 5.97 Å². The van der Waals surface area contributed by atoms with Crippen LogP contribution in [-0.2, 0) is 9.53 Å². The van der Waals surface area contributed by atoms with Crippen molar-refractivity contribution in [3.05, 3.63) is 46.5 Å². The summed E-state index contributed by atoms with van der Waals surface area (Å²) >= 11 is 7.02. The van der Waals surface area contributed by atoms with Gasteiger partial charge < -0.3 is 14.9 Å². The molecule has 2 aromatic carbocycles. The number of fused-ring (bicyclic) bond motifs is 1. The van der Waals surface area contributed by atoms with E-state index in [0.717, 1.165) is 11.7 Å². The SMILES string of the molecule is COC(=O)C[C@H](c1ccc(O)c(Cl)c1)c1c(O)ccc2nsnc12. The summed E-state index contributed by atoms with van der Waals surface area (Å²) in [6.07, 6.45) is -0.0121. The first-order valence-electron chi connectivity index (χ1n) is 7.00. The molecule has 0 radical (unpaired) electrons. The molecular weight excluding hydrogens is 352 g/mol. The van der Waals surface area contributed by atoms with Gasteiger partial charge in [0.05, 0.1) is 30.3 Å². The number of hydrogen-bond acceptors (Lipinski definition) is 7. The third-order valence-corrected chi connectivity index (χ3v) is 4.61. The number of carbonyl (C=O) groups excluding carboxylic acids is 1. The molecule has 8 heteroatoms. The lowest BCUT2D eigenvalue weighted by Crippen LogP contribution is -2.11. The van der Waals surface area contributed by atoms with Gasteiger partial charge in [-0.2, -0.15) is 8.75 Å². The minimum absolute atomic E-state index is 0.00769. The molecule has 0 saturated heterocycles. The van der Waals surface area contributed by atoms with E-state index in [1.54, 1.807) is 18.2 Å². The molecule has 1 heterocycles. The summed E-state index contributed by atoms with van der Waals surface area (Å²) in [5.74, 6) is -1.03. The molecule has 124 valence electrons. The Balaban J connectivity index is 2.20. The second-order valence-corrected chi connectivity index (χ2v) is 6.11. The quantitative estimate of drug-likeness (QED) is 0.689. The van der Waals surface area contributed by atoms with Crippen molar-refractivity contribution < 1.29 is 19.7 Å². The summed E-state index contributed by atoms with van der Waals surface area (Å²) < 4.78 is 13.2. The van der Waals surface area contributed by atoms with Gasteiger partial charge in [0.15, 0.2) is 0 Å². The maximum atomic E-state index is 11.9. The number of ether oxygens (including phenoxy) is 1. The van der Waals surface area contributed by atoms with Gasteiger partial charge in [-0.25, -0.2) is 0 Å². The molecule has 3 aromatic rings. The number of benzene rings is 2. The Kier molecular flexibility index (Phi) is 4.55. The Bertz CT molecular complexity index is 912. The highest BCUT2D eigenvalue weighted by Gasteiger charge is 2.26. The van der Waals surface area contributed by atoms with E-state index >= 15 is 0 Å². The number of phenolic OH excluding ortho intramolecular Hbond substituents is 2. The van der Waals surface area contributed by atoms with Crippen LogP contribution in [0.2, 0.25) is 5.02 Å². The molecule has 3 rings (SSSR count). The van der Waals surface area contributed by atoms with Crippen LogP contribution in [0.15, 0.2) is 30.3 Å². The van der Waals surface area contributed by atoms with Crippen LogP contribution in [0.25, 0.3) is 11.0 Å². The summed E-state index contributed by atoms with van der Waals surface area (Å²) in [7, 11) is 1.30. The summed E-state index contributed by atoms with van der Waals surface area (Å²) in [6.45, 7) is 0. The van der Waals surface area contributed by atoms with E-state index in [-0.39, 0.29) is 22.9 Å². The Morgan fingerprint density at radius 3 is 2.71 bits per heavy atom. The van der Waals surface area contributed by atoms with E-state index < -0.39 is 11.9 Å². The van der Waals surface area contributed by atoms with Crippen LogP contribution in [0.4, 0.5) is 0 Å². The Morgan fingerprint density at radius 1 is 1.25 bits per heavy atom. The number of nitrogens with zero attached hydrogens (tertiary/aromatic N) is 2. The summed E-state index contributed by atoms with van der Waals surface area (Å²) in [6, 6.07) is 7.83. The van der Waals surface area contributed by atoms with Crippen LogP contribution in [0.1, 0.15) is 23.5 Å². The van der Waals surface area contributed by atoms with Gasteiger partial charge in [-0.05, 0) is 29.8 Å². The largest absolute Gasteiger partial charge is 0.508 e. The number of halogens is 1. The van der Waals surface area contributed by atoms with Crippen molar-refractivity contribution >= 4 is 40.3 Å². The van der Waals surface area contributed by atoms with Crippen molar-refractivity contribution in [2.24, 2.45) is 0 Å². The van der Waals surface area contributed by atoms with Crippen LogP contribution >= 0.6 is 23.3 Å². The third kappa shape index (κ3) is 3.00. The second-order valence-electron chi connectivity index (χ2n) is 5.17. The highest BCUT2D eigenvalue weighted by molar-refractivity contribution is 7.00. The zero-order valence-electron chi connectivity index (χ0n) is 12.6. The van der Waals surface area contributed by atoms with Crippen LogP contribution in [-0.4, -0.2) is 32.0 Å². The first kappa shape index (κ1) is 16.5. The second kappa shape index (κ2) is 6.62. The summed E-state index contributed by atoms with van der Waals surface area (Å²) in [5.41, 5.74) is 2.29. The van der Waals surface area contributed by atoms with Crippen molar-refractivity contribution in [1.82, 2.24) is 8.75 Å². The van der Waals surface area contributed by atoms with Gasteiger partial charge in [-0.3, -0.25) is 4.79 Å². The Morgan fingerprint density at radius 2 is 2.00 bits per heavy atom. The highest BCUT2D eigenvalue weighted by Crippen LogP contribution is 2.40. The van der Waals surface area contributed by atoms with Crippen LogP contribution in [0.3, 0.4) is 0 Å². The maximum absolute atomic E-state index is 11.9. The molecule has 1 aromatic heterocycles. The minimum Gasteiger partial charge on any atom is -0.508 e. The van der Waals surface area contributed by atoms with E-state index in [2.05, 4.69) is 8.75 Å². The number of rotatable bonds is 4. The van der Waals surface area contributed by atoms with Crippen LogP contribution in [0, 0.1) is 0 Å². The first-order chi connectivity index (χ1) is 11.5. The fourth-order valence-corrected chi connectivity index (χ4v) is 3.32. The Labute approximate surface area is 146 Å². The number of aromatic hydroxyl groups is 2. The van der Waals surface area contributed by atoms with Gasteiger partial charge in [-0.1, -0.05) is 17.7 Å². The number of hydrogen-bond donors (Lipinski definition) is 2. The number of phenols is 2. The molecule has 0 bridgehead atoms. The highest BCUT2D eigenvalue weighted by atomic mass is 35.5. The van der Waals surface area contributed by atoms with Crippen molar-refractivity contribution in [1.29, 1.82) is 0 Å². The van der Waals surface area contributed by atoms with Crippen molar-refractivity contribution in [2.75, 3.05) is 7.11 Å². The zero-order chi connectivity index (χ0) is 17.3. The maximum Gasteiger partial charge on any atom is 0.306 e. The number of methoxy groups -OCH3 is 1. The summed E-state index contributed by atoms with van der Waals surface area (Å²) in [5, 5.41) is 20.2. The standard InChI is InChI=1S/C16H13ClN2O4S/c1-23-14(22)7-9(8-2-4-12(20)10(17)6-8)15-13(21)5-3-11-16(15)19-24-18-11/h2-6,9,20-21H,7H2,1H3/t9-/m1/s1. The average molecular weight is 365 g/mol. The van der Waals surface area contributed by atoms with Crippen molar-refractivity contribution in [3.8, 4) is 11.5 Å². The normalized spacial score (nSPS) is 12.2. The molecule has 0 unspecified atom stereocenters. The zero-order valence-corrected chi connectivity index (χ0v) is 14.1. The molecule has 0 aliphatic carbocycles. The molecule has 0 fully saturated rings. The van der Waals surface area contributed by atoms with Crippen LogP contribution < -0.4 is 0 Å². The van der Waals surface area contributed by atoms with Gasteiger partial charge in [-0.15, -0.1) is 0 Å². The first-order valence-corrected chi connectivity index (χ1v) is 8.11. The van der Waals surface area contributed by atoms with E-state index in [4.69, 9.17) is 16.3 Å². The lowest BCUT2D eigenvalue weighted by molar-refractivity contribution is -0.140. The van der Waals surface area contributed by atoms with E-state index in [1.807, 2.05) is 0 Å². The third-order valence-electron chi connectivity index (χ3n) is 3.77. The van der Waals surface area contributed by atoms with Crippen molar-refractivity contribution in [3.63, 3.8) is 0 Å². The topological polar surface area (TPSA) is 92.5 Å². The van der Waals surface area contributed by atoms with Crippen LogP contribution in [0.5, 0.6) is 11.5 Å². The molecule has 0 aliphatic rings. The number of aromatic nitrogens is 2.